The number of nitrogens with zero attached hydrogens (tertiary/aromatic N) is 1. The van der Waals surface area contributed by atoms with Crippen molar-refractivity contribution in [2.45, 2.75) is 0 Å². The Kier molecular flexibility index (Phi) is 7.56. The van der Waals surface area contributed by atoms with Gasteiger partial charge in [0.1, 0.15) is 15.9 Å². The van der Waals surface area contributed by atoms with E-state index >= 15 is 0 Å². The van der Waals surface area contributed by atoms with Gasteiger partial charge in [-0.05, 0) is 48.5 Å². The summed E-state index contributed by atoms with van der Waals surface area (Å²) in [6.45, 7) is 2.90. The number of rotatable bonds is 7. The number of ether oxygens (including phenoxy) is 1. The maximum Gasteiger partial charge on any atom is 0.258 e. The average molecular weight is 494 g/mol. The Morgan fingerprint density at radius 2 is 1.08 bits per heavy atom. The highest BCUT2D eigenvalue weighted by Gasteiger charge is 2.51. The predicted molar refractivity (Wildman–Crippen MR) is 150 cm³/mol. The minimum atomic E-state index is -2.46. The third kappa shape index (κ3) is 4.97. The molecule has 1 saturated heterocycles. The molecule has 0 bridgehead atoms. The molecule has 0 saturated carbocycles. The SMILES string of the molecule is O=C(N/C(=C\N1CCOCC1)[P+](c1ccccc1)(c1ccccc1)c1ccccc1)c1ccccc1. The van der Waals surface area contributed by atoms with Crippen molar-refractivity contribution >= 4 is 29.1 Å². The minimum Gasteiger partial charge on any atom is -0.378 e. The monoisotopic (exact) mass is 493 g/mol. The van der Waals surface area contributed by atoms with Gasteiger partial charge < -0.3 is 9.64 Å². The van der Waals surface area contributed by atoms with E-state index in [2.05, 4.69) is 89.2 Å². The number of morpholine rings is 1. The second-order valence-corrected chi connectivity index (χ2v) is 12.0. The zero-order valence-electron chi connectivity index (χ0n) is 20.2. The van der Waals surface area contributed by atoms with E-state index in [-0.39, 0.29) is 5.91 Å². The molecule has 36 heavy (non-hydrogen) atoms. The minimum absolute atomic E-state index is 0.109. The van der Waals surface area contributed by atoms with Gasteiger partial charge in [0, 0.05) is 18.7 Å². The molecule has 4 aromatic carbocycles. The van der Waals surface area contributed by atoms with Crippen LogP contribution in [0.3, 0.4) is 0 Å². The van der Waals surface area contributed by atoms with Gasteiger partial charge in [-0.3, -0.25) is 10.1 Å². The number of hydrogen-bond acceptors (Lipinski definition) is 3. The normalized spacial score (nSPS) is 14.3. The van der Waals surface area contributed by atoms with E-state index in [1.54, 1.807) is 0 Å². The van der Waals surface area contributed by atoms with Crippen molar-refractivity contribution in [2.24, 2.45) is 0 Å². The first-order valence-electron chi connectivity index (χ1n) is 12.2. The number of carbonyl (C=O) groups excluding carboxylic acids is 1. The van der Waals surface area contributed by atoms with Crippen LogP contribution in [0.15, 0.2) is 133 Å². The van der Waals surface area contributed by atoms with Gasteiger partial charge in [0.25, 0.3) is 5.91 Å². The molecule has 0 aromatic heterocycles. The van der Waals surface area contributed by atoms with Gasteiger partial charge in [-0.15, -0.1) is 0 Å². The topological polar surface area (TPSA) is 41.6 Å². The summed E-state index contributed by atoms with van der Waals surface area (Å²) in [4.78, 5) is 15.9. The lowest BCUT2D eigenvalue weighted by Gasteiger charge is -2.32. The van der Waals surface area contributed by atoms with Crippen molar-refractivity contribution in [1.29, 1.82) is 0 Å². The van der Waals surface area contributed by atoms with Crippen molar-refractivity contribution in [3.63, 3.8) is 0 Å². The lowest BCUT2D eigenvalue weighted by atomic mass is 10.2. The molecule has 1 heterocycles. The van der Waals surface area contributed by atoms with Crippen LogP contribution in [0.2, 0.25) is 0 Å². The highest BCUT2D eigenvalue weighted by molar-refractivity contribution is 7.99. The Labute approximate surface area is 213 Å². The maximum atomic E-state index is 13.7. The van der Waals surface area contributed by atoms with Crippen molar-refractivity contribution in [3.8, 4) is 0 Å². The molecule has 4 nitrogen and oxygen atoms in total. The second-order valence-electron chi connectivity index (χ2n) is 8.66. The van der Waals surface area contributed by atoms with Crippen molar-refractivity contribution in [1.82, 2.24) is 10.2 Å². The molecule has 0 aliphatic carbocycles. The van der Waals surface area contributed by atoms with E-state index in [1.807, 2.05) is 48.5 Å². The Bertz CT molecular complexity index is 1190. The van der Waals surface area contributed by atoms with Crippen molar-refractivity contribution < 1.29 is 9.53 Å². The molecule has 0 radical (unpaired) electrons. The van der Waals surface area contributed by atoms with Gasteiger partial charge >= 0.3 is 0 Å². The molecule has 0 unspecified atom stereocenters. The smallest absolute Gasteiger partial charge is 0.258 e. The van der Waals surface area contributed by atoms with Crippen LogP contribution < -0.4 is 21.2 Å². The van der Waals surface area contributed by atoms with Crippen LogP contribution in [0.4, 0.5) is 0 Å². The Morgan fingerprint density at radius 3 is 1.53 bits per heavy atom. The third-order valence-electron chi connectivity index (χ3n) is 6.42. The molecule has 5 rings (SSSR count). The zero-order chi connectivity index (χ0) is 24.6. The van der Waals surface area contributed by atoms with E-state index in [4.69, 9.17) is 4.74 Å². The fraction of sp³-hybridized carbons (Fsp3) is 0.129. The number of amides is 1. The first kappa shape index (κ1) is 24.0. The molecule has 4 aromatic rings. The van der Waals surface area contributed by atoms with Crippen LogP contribution in [0.1, 0.15) is 10.4 Å². The molecule has 1 amide bonds. The lowest BCUT2D eigenvalue weighted by molar-refractivity contribution is 0.0590. The molecule has 1 fully saturated rings. The van der Waals surface area contributed by atoms with Gasteiger partial charge in [0.05, 0.1) is 19.4 Å². The molecule has 0 spiro atoms. The maximum absolute atomic E-state index is 13.7. The first-order valence-corrected chi connectivity index (χ1v) is 14.0. The van der Waals surface area contributed by atoms with Crippen molar-refractivity contribution in [3.05, 3.63) is 139 Å². The molecule has 5 heteroatoms. The van der Waals surface area contributed by atoms with Crippen molar-refractivity contribution in [2.75, 3.05) is 26.3 Å². The fourth-order valence-corrected chi connectivity index (χ4v) is 8.87. The lowest BCUT2D eigenvalue weighted by Crippen LogP contribution is -2.40. The van der Waals surface area contributed by atoms with E-state index in [0.29, 0.717) is 18.8 Å². The standard InChI is InChI=1S/C31H29N2O2P/c34-31(26-13-5-1-6-14-26)32-30(25-33-21-23-35-24-22-33)36(27-15-7-2-8-16-27,28-17-9-3-10-18-28)29-19-11-4-12-20-29/h1-20,25H,21-24H2/p+1/b30-25+. The molecular formula is C31H30N2O2P+. The fourth-order valence-electron chi connectivity index (χ4n) is 4.68. The highest BCUT2D eigenvalue weighted by Crippen LogP contribution is 2.61. The third-order valence-corrected chi connectivity index (χ3v) is 10.6. The molecule has 180 valence electrons. The Balaban J connectivity index is 1.77. The molecule has 1 N–H and O–H groups in total. The number of hydrogen-bond donors (Lipinski definition) is 1. The summed E-state index contributed by atoms with van der Waals surface area (Å²) in [5.74, 6) is -0.109. The largest absolute Gasteiger partial charge is 0.378 e. The summed E-state index contributed by atoms with van der Waals surface area (Å²) in [7, 11) is -2.46. The summed E-state index contributed by atoms with van der Waals surface area (Å²) in [5.41, 5.74) is 1.56. The van der Waals surface area contributed by atoms with Gasteiger partial charge in [-0.25, -0.2) is 0 Å². The van der Waals surface area contributed by atoms with E-state index in [0.717, 1.165) is 18.5 Å². The van der Waals surface area contributed by atoms with Crippen LogP contribution in [-0.4, -0.2) is 37.1 Å². The zero-order valence-corrected chi connectivity index (χ0v) is 21.1. The number of benzene rings is 4. The van der Waals surface area contributed by atoms with Crippen LogP contribution in [0, 0.1) is 0 Å². The average Bonchev–Trinajstić information content (AvgIpc) is 2.96. The van der Waals surface area contributed by atoms with Gasteiger partial charge in [-0.1, -0.05) is 72.8 Å². The molecule has 1 aliphatic rings. The van der Waals surface area contributed by atoms with Crippen LogP contribution in [0.25, 0.3) is 0 Å². The first-order chi connectivity index (χ1) is 17.8. The summed E-state index contributed by atoms with van der Waals surface area (Å²) >= 11 is 0. The molecule has 1 aliphatic heterocycles. The Hall–Kier alpha value is -3.72. The quantitative estimate of drug-likeness (QED) is 0.385. The van der Waals surface area contributed by atoms with Gasteiger partial charge in [0.2, 0.25) is 0 Å². The molecular weight excluding hydrogens is 463 g/mol. The van der Waals surface area contributed by atoms with Crippen LogP contribution in [-0.2, 0) is 4.74 Å². The highest BCUT2D eigenvalue weighted by atomic mass is 31.2. The van der Waals surface area contributed by atoms with Crippen LogP contribution in [0.5, 0.6) is 0 Å². The summed E-state index contributed by atoms with van der Waals surface area (Å²) in [5, 5.41) is 6.98. The summed E-state index contributed by atoms with van der Waals surface area (Å²) < 4.78 is 5.62. The molecule has 0 atom stereocenters. The summed E-state index contributed by atoms with van der Waals surface area (Å²) in [6, 6.07) is 41.2. The Morgan fingerprint density at radius 1 is 0.667 bits per heavy atom. The second kappa shape index (κ2) is 11.3. The van der Waals surface area contributed by atoms with Gasteiger partial charge in [-0.2, -0.15) is 0 Å². The van der Waals surface area contributed by atoms with Gasteiger partial charge in [0.15, 0.2) is 12.7 Å². The van der Waals surface area contributed by atoms with E-state index in [1.165, 1.54) is 15.9 Å². The summed E-state index contributed by atoms with van der Waals surface area (Å²) in [6.07, 6.45) is 2.17. The predicted octanol–water partition coefficient (Wildman–Crippen LogP) is 4.54. The van der Waals surface area contributed by atoms with E-state index < -0.39 is 7.26 Å². The number of carbonyl (C=O) groups is 1. The number of nitrogens with one attached hydrogen (secondary N) is 1. The van der Waals surface area contributed by atoms with E-state index in [9.17, 15) is 4.79 Å². The van der Waals surface area contributed by atoms with Crippen LogP contribution >= 0.6 is 7.26 Å².